The van der Waals surface area contributed by atoms with Gasteiger partial charge in [-0.25, -0.2) is 24.4 Å². The fourth-order valence-electron chi connectivity index (χ4n) is 4.71. The molecular formula is C32H66N6O20. The Balaban J connectivity index is -0.000000804. The predicted molar refractivity (Wildman–Crippen MR) is 200 cm³/mol. The van der Waals surface area contributed by atoms with Gasteiger partial charge in [0.15, 0.2) is 0 Å². The van der Waals surface area contributed by atoms with Crippen LogP contribution in [0, 0.1) is 0 Å². The number of nitrogens with one attached hydrogen (secondary N) is 2. The van der Waals surface area contributed by atoms with Crippen LogP contribution in [0.3, 0.4) is 0 Å². The zero-order valence-electron chi connectivity index (χ0n) is 33.9. The molecule has 0 aliphatic heterocycles. The Morgan fingerprint density at radius 2 is 0.810 bits per heavy atom. The minimum absolute atomic E-state index is 0.0127. The van der Waals surface area contributed by atoms with Gasteiger partial charge in [0.1, 0.15) is 18.1 Å². The van der Waals surface area contributed by atoms with E-state index in [9.17, 15) is 24.0 Å². The zero-order valence-corrected chi connectivity index (χ0v) is 33.9. The molecule has 0 saturated heterocycles. The van der Waals surface area contributed by atoms with Crippen molar-refractivity contribution >= 4 is 29.8 Å². The third-order valence-electron chi connectivity index (χ3n) is 8.42. The predicted octanol–water partition coefficient (Wildman–Crippen LogP) is -1.45. The first-order chi connectivity index (χ1) is 27.2. The van der Waals surface area contributed by atoms with Crippen LogP contribution in [0.1, 0.15) is 41.5 Å². The summed E-state index contributed by atoms with van der Waals surface area (Å²) < 4.78 is 0. The molecule has 26 heteroatoms. The highest BCUT2D eigenvalue weighted by Crippen LogP contribution is 2.06. The molecule has 0 aromatic heterocycles. The van der Waals surface area contributed by atoms with Gasteiger partial charge in [0.2, 0.25) is 0 Å². The molecule has 26 nitrogen and oxygen atoms in total. The fourth-order valence-corrected chi connectivity index (χ4v) is 4.71. The molecule has 0 aliphatic rings. The number of hydrogen-bond donors (Lipinski definition) is 12. The van der Waals surface area contributed by atoms with Crippen LogP contribution in [0.25, 0.3) is 0 Å². The lowest BCUT2D eigenvalue weighted by Crippen LogP contribution is -2.48. The van der Waals surface area contributed by atoms with Crippen molar-refractivity contribution in [3.8, 4) is 0 Å². The molecule has 6 unspecified atom stereocenters. The molecule has 12 N–H and O–H groups in total. The Labute approximate surface area is 336 Å². The Morgan fingerprint density at radius 1 is 0.466 bits per heavy atom. The topological polar surface area (TPSA) is 371 Å². The highest BCUT2D eigenvalue weighted by atomic mass is 17.1. The second-order valence-corrected chi connectivity index (χ2v) is 12.9. The van der Waals surface area contributed by atoms with E-state index in [0.717, 1.165) is 0 Å². The Kier molecular flexibility index (Phi) is 37.4. The molecular weight excluding hydrogens is 788 g/mol. The van der Waals surface area contributed by atoms with Crippen LogP contribution in [0.15, 0.2) is 0 Å². The number of carboxylic acid groups (broad SMARTS) is 5. The van der Waals surface area contributed by atoms with E-state index in [1.165, 1.54) is 23.6 Å². The molecule has 6 atom stereocenters. The van der Waals surface area contributed by atoms with Gasteiger partial charge < -0.3 is 36.2 Å². The van der Waals surface area contributed by atoms with Crippen LogP contribution >= 0.6 is 0 Å². The van der Waals surface area contributed by atoms with Crippen LogP contribution in [0.4, 0.5) is 0 Å². The molecule has 344 valence electrons. The van der Waals surface area contributed by atoms with Crippen LogP contribution in [-0.4, -0.2) is 236 Å². The molecule has 0 rings (SSSR count). The van der Waals surface area contributed by atoms with Gasteiger partial charge in [0.25, 0.3) is 0 Å². The molecule has 0 saturated carbocycles. The van der Waals surface area contributed by atoms with Crippen LogP contribution < -0.4 is 10.6 Å². The van der Waals surface area contributed by atoms with Gasteiger partial charge in [0.05, 0.1) is 46.1 Å². The molecule has 0 heterocycles. The van der Waals surface area contributed by atoms with Crippen molar-refractivity contribution in [1.82, 2.24) is 30.2 Å². The minimum Gasteiger partial charge on any atom is -0.480 e. The van der Waals surface area contributed by atoms with Gasteiger partial charge in [-0.3, -0.25) is 69.9 Å². The lowest BCUT2D eigenvalue weighted by Gasteiger charge is -2.31. The summed E-state index contributed by atoms with van der Waals surface area (Å²) >= 11 is 0. The first-order valence-corrected chi connectivity index (χ1v) is 18.1. The summed E-state index contributed by atoms with van der Waals surface area (Å²) in [5.74, 6) is -5.33. The Morgan fingerprint density at radius 3 is 1.10 bits per heavy atom. The van der Waals surface area contributed by atoms with E-state index in [4.69, 9.17) is 51.8 Å². The fraction of sp³-hybridized carbons (Fsp3) is 0.844. The van der Waals surface area contributed by atoms with Crippen molar-refractivity contribution in [2.45, 2.75) is 77.8 Å². The third kappa shape index (κ3) is 31.7. The molecule has 58 heavy (non-hydrogen) atoms. The maximum atomic E-state index is 11.0. The summed E-state index contributed by atoms with van der Waals surface area (Å²) in [5, 5.41) is 92.1. The van der Waals surface area contributed by atoms with E-state index in [0.29, 0.717) is 39.3 Å². The number of nitrogens with zero attached hydrogens (tertiary/aromatic N) is 4. The van der Waals surface area contributed by atoms with E-state index >= 15 is 0 Å². The summed E-state index contributed by atoms with van der Waals surface area (Å²) in [6.07, 6.45) is 0. The van der Waals surface area contributed by atoms with Crippen molar-refractivity contribution in [3.63, 3.8) is 0 Å². The smallest absolute Gasteiger partial charge is 0.320 e. The van der Waals surface area contributed by atoms with Gasteiger partial charge in [-0.2, -0.15) is 0 Å². The van der Waals surface area contributed by atoms with Crippen LogP contribution in [0.2, 0.25) is 0 Å². The summed E-state index contributed by atoms with van der Waals surface area (Å²) in [4.78, 5) is 80.4. The average Bonchev–Trinajstić information content (AvgIpc) is 3.15. The van der Waals surface area contributed by atoms with E-state index in [1.807, 2.05) is 6.92 Å². The highest BCUT2D eigenvalue weighted by Gasteiger charge is 2.26. The quantitative estimate of drug-likeness (QED) is 0.0200. The molecule has 0 aromatic carbocycles. The Bertz CT molecular complexity index is 1040. The number of carbonyl (C=O) groups is 5. The van der Waals surface area contributed by atoms with Gasteiger partial charge >= 0.3 is 29.8 Å². The number of rotatable bonds is 34. The van der Waals surface area contributed by atoms with Gasteiger partial charge in [-0.05, 0) is 41.5 Å². The molecule has 0 aliphatic carbocycles. The van der Waals surface area contributed by atoms with E-state index < -0.39 is 61.1 Å². The maximum absolute atomic E-state index is 11.0. The second kappa shape index (κ2) is 36.8. The molecule has 0 fully saturated rings. The van der Waals surface area contributed by atoms with E-state index in [2.05, 4.69) is 35.1 Å². The van der Waals surface area contributed by atoms with Gasteiger partial charge in [-0.1, -0.05) is 0 Å². The summed E-state index contributed by atoms with van der Waals surface area (Å²) in [7, 11) is 0. The highest BCUT2D eigenvalue weighted by molar-refractivity contribution is 5.75. The standard InChI is InChI=1S/2C12H24N2O8.C8H18N2O4/c2*1-9(8-22-20)13(5-6-21-19)3-4-14(7-11(15)16)10(2)12(17)18;1-6(5-14-13)9-3-4-10-7(2)8(11)12/h2*9-10,19-20H,3-8H2,1-2H3,(H,15,16)(H,17,18);6-7,9-10,13H,3-5H2,1-2H3,(H,11,12). The van der Waals surface area contributed by atoms with Gasteiger partial charge in [0, 0.05) is 70.5 Å². The van der Waals surface area contributed by atoms with Crippen molar-refractivity contribution in [2.75, 3.05) is 98.5 Å². The minimum atomic E-state index is -1.12. The Hall–Kier alpha value is -3.29. The largest absolute Gasteiger partial charge is 0.480 e. The molecule has 0 aromatic rings. The van der Waals surface area contributed by atoms with Crippen molar-refractivity contribution in [2.24, 2.45) is 0 Å². The van der Waals surface area contributed by atoms with Crippen molar-refractivity contribution in [3.05, 3.63) is 0 Å². The number of aliphatic carboxylic acids is 5. The van der Waals surface area contributed by atoms with E-state index in [1.54, 1.807) is 30.6 Å². The SMILES string of the molecule is CC(COO)N(CCOO)CCN(CC(=O)O)C(C)C(=O)O.CC(COO)N(CCOO)CCN(CC(=O)O)C(C)C(=O)O.CC(COO)NCCNC(C)C(=O)O. The van der Waals surface area contributed by atoms with Gasteiger partial charge in [-0.15, -0.1) is 0 Å². The summed E-state index contributed by atoms with van der Waals surface area (Å²) in [5.41, 5.74) is 0. The number of carboxylic acids is 5. The van der Waals surface area contributed by atoms with Crippen LogP contribution in [0.5, 0.6) is 0 Å². The first kappa shape index (κ1) is 59.0. The first-order valence-electron chi connectivity index (χ1n) is 18.1. The monoisotopic (exact) mass is 854 g/mol. The van der Waals surface area contributed by atoms with Crippen molar-refractivity contribution < 1.29 is 100 Å². The number of hydrogen-bond acceptors (Lipinski definition) is 21. The lowest BCUT2D eigenvalue weighted by molar-refractivity contribution is -0.257. The summed E-state index contributed by atoms with van der Waals surface area (Å²) in [6.45, 7) is 12.1. The molecule has 0 bridgehead atoms. The van der Waals surface area contributed by atoms with Crippen LogP contribution in [-0.2, 0) is 48.4 Å². The third-order valence-corrected chi connectivity index (χ3v) is 8.42. The van der Waals surface area contributed by atoms with E-state index in [-0.39, 0.29) is 64.2 Å². The summed E-state index contributed by atoms with van der Waals surface area (Å²) in [6, 6.07) is -2.85. The lowest BCUT2D eigenvalue weighted by atomic mass is 10.2. The normalized spacial score (nSPS) is 14.5. The molecule has 0 spiro atoms. The van der Waals surface area contributed by atoms with Crippen molar-refractivity contribution in [1.29, 1.82) is 0 Å². The second-order valence-electron chi connectivity index (χ2n) is 12.9. The maximum Gasteiger partial charge on any atom is 0.320 e. The zero-order chi connectivity index (χ0) is 45.2. The molecule has 0 radical (unpaired) electrons. The average molecular weight is 855 g/mol. The molecule has 0 amide bonds.